The van der Waals surface area contributed by atoms with Crippen molar-refractivity contribution < 1.29 is 0 Å². The van der Waals surface area contributed by atoms with Gasteiger partial charge in [0, 0.05) is 42.3 Å². The van der Waals surface area contributed by atoms with Crippen LogP contribution in [0.2, 0.25) is 0 Å². The van der Waals surface area contributed by atoms with Gasteiger partial charge < -0.3 is 0 Å². The van der Waals surface area contributed by atoms with Gasteiger partial charge in [-0.2, -0.15) is 0 Å². The summed E-state index contributed by atoms with van der Waals surface area (Å²) in [5.41, 5.74) is 17.3. The lowest BCUT2D eigenvalue weighted by Crippen LogP contribution is -2.14. The van der Waals surface area contributed by atoms with E-state index in [1.54, 1.807) is 0 Å². The zero-order valence-electron chi connectivity index (χ0n) is 32.3. The molecule has 0 aliphatic heterocycles. The molecule has 1 aliphatic carbocycles. The van der Waals surface area contributed by atoms with Crippen molar-refractivity contribution in [3.8, 4) is 78.4 Å². The highest BCUT2D eigenvalue weighted by atomic mass is 32.1. The third-order valence-electron chi connectivity index (χ3n) is 11.9. The van der Waals surface area contributed by atoms with E-state index in [2.05, 4.69) is 184 Å². The summed E-state index contributed by atoms with van der Waals surface area (Å²) in [5, 5.41) is 2.58. The topological polar surface area (TPSA) is 25.8 Å². The van der Waals surface area contributed by atoms with E-state index < -0.39 is 0 Å². The monoisotopic (exact) mass is 758 g/mol. The summed E-state index contributed by atoms with van der Waals surface area (Å²) in [6.07, 6.45) is 0. The number of hydrogen-bond donors (Lipinski definition) is 0. The van der Waals surface area contributed by atoms with Gasteiger partial charge in [-0.25, -0.2) is 9.97 Å². The Morgan fingerprint density at radius 1 is 0.362 bits per heavy atom. The first kappa shape index (κ1) is 34.3. The standard InChI is InChI=1S/C55H38N2S/c1-55(2)48-26-13-11-22-44(48)47-33-37(28-29-49(47)55)41-20-9-10-21-42(41)38-30-39(43-24-15-25-46-45-23-12-14-27-52(45)58-53(43)46)32-40(31-38)51-34-50(35-16-5-3-6-17-35)56-54(57-51)36-18-7-4-8-19-36/h3-34H,1-2H3. The molecule has 3 heteroatoms. The summed E-state index contributed by atoms with van der Waals surface area (Å²) in [6.45, 7) is 4.68. The van der Waals surface area contributed by atoms with Crippen molar-refractivity contribution in [3.05, 3.63) is 205 Å². The number of rotatable bonds is 6. The molecule has 0 N–H and O–H groups in total. The van der Waals surface area contributed by atoms with Gasteiger partial charge in [-0.1, -0.05) is 172 Å². The van der Waals surface area contributed by atoms with Crippen LogP contribution in [0, 0.1) is 0 Å². The Hall–Kier alpha value is -6.94. The van der Waals surface area contributed by atoms with Crippen molar-refractivity contribution in [2.45, 2.75) is 19.3 Å². The predicted molar refractivity (Wildman–Crippen MR) is 245 cm³/mol. The van der Waals surface area contributed by atoms with Crippen molar-refractivity contribution in [3.63, 3.8) is 0 Å². The van der Waals surface area contributed by atoms with Crippen LogP contribution in [0.1, 0.15) is 25.0 Å². The zero-order chi connectivity index (χ0) is 38.8. The number of thiophene rings is 1. The molecule has 2 aromatic heterocycles. The first-order valence-electron chi connectivity index (χ1n) is 19.9. The first-order chi connectivity index (χ1) is 28.5. The second-order valence-corrected chi connectivity index (χ2v) is 16.8. The fourth-order valence-electron chi connectivity index (χ4n) is 9.00. The Balaban J connectivity index is 1.15. The third kappa shape index (κ3) is 5.69. The SMILES string of the molecule is CC1(C)c2ccccc2-c2cc(-c3ccccc3-c3cc(-c4cc(-c5ccccc5)nc(-c5ccccc5)n4)cc(-c4cccc5c4sc4ccccc45)c3)ccc21. The zero-order valence-corrected chi connectivity index (χ0v) is 33.1. The Morgan fingerprint density at radius 2 is 0.914 bits per heavy atom. The van der Waals surface area contributed by atoms with Crippen LogP contribution in [0.25, 0.3) is 98.6 Å². The molecule has 0 fully saturated rings. The normalized spacial score (nSPS) is 12.8. The second-order valence-electron chi connectivity index (χ2n) is 15.8. The van der Waals surface area contributed by atoms with Gasteiger partial charge in [0.2, 0.25) is 0 Å². The Bertz CT molecular complexity index is 3140. The minimum atomic E-state index is -0.0461. The van der Waals surface area contributed by atoms with Crippen molar-refractivity contribution in [1.29, 1.82) is 0 Å². The maximum atomic E-state index is 5.31. The van der Waals surface area contributed by atoms with Gasteiger partial charge in [0.05, 0.1) is 11.4 Å². The van der Waals surface area contributed by atoms with Gasteiger partial charge in [0.15, 0.2) is 5.82 Å². The molecule has 2 nitrogen and oxygen atoms in total. The fourth-order valence-corrected chi connectivity index (χ4v) is 10.2. The molecule has 0 radical (unpaired) electrons. The van der Waals surface area contributed by atoms with E-state index in [4.69, 9.17) is 9.97 Å². The summed E-state index contributed by atoms with van der Waals surface area (Å²) in [5.74, 6) is 0.706. The molecule has 0 saturated carbocycles. The Morgan fingerprint density at radius 3 is 1.69 bits per heavy atom. The maximum absolute atomic E-state index is 5.31. The van der Waals surface area contributed by atoms with Gasteiger partial charge >= 0.3 is 0 Å². The van der Waals surface area contributed by atoms with Gasteiger partial charge in [-0.3, -0.25) is 0 Å². The average molecular weight is 759 g/mol. The highest BCUT2D eigenvalue weighted by Gasteiger charge is 2.35. The van der Waals surface area contributed by atoms with Crippen LogP contribution >= 0.6 is 11.3 Å². The quantitative estimate of drug-likeness (QED) is 0.169. The van der Waals surface area contributed by atoms with E-state index in [1.165, 1.54) is 64.7 Å². The lowest BCUT2D eigenvalue weighted by Gasteiger charge is -2.21. The van der Waals surface area contributed by atoms with Crippen LogP contribution < -0.4 is 0 Å². The van der Waals surface area contributed by atoms with E-state index in [0.29, 0.717) is 5.82 Å². The third-order valence-corrected chi connectivity index (χ3v) is 13.1. The van der Waals surface area contributed by atoms with E-state index in [9.17, 15) is 0 Å². The Kier molecular flexibility index (Phi) is 8.06. The summed E-state index contributed by atoms with van der Waals surface area (Å²) in [4.78, 5) is 10.4. The molecule has 0 saturated heterocycles. The highest BCUT2D eigenvalue weighted by molar-refractivity contribution is 7.26. The van der Waals surface area contributed by atoms with Crippen molar-refractivity contribution >= 4 is 31.5 Å². The number of benzene rings is 8. The van der Waals surface area contributed by atoms with Gasteiger partial charge in [-0.15, -0.1) is 11.3 Å². The van der Waals surface area contributed by atoms with Gasteiger partial charge in [-0.05, 0) is 92.0 Å². The second kappa shape index (κ2) is 13.6. The minimum absolute atomic E-state index is 0.0461. The summed E-state index contributed by atoms with van der Waals surface area (Å²) in [6, 6.07) is 70.2. The lowest BCUT2D eigenvalue weighted by atomic mass is 9.82. The molecular formula is C55H38N2S. The van der Waals surface area contributed by atoms with Crippen LogP contribution in [0.15, 0.2) is 194 Å². The van der Waals surface area contributed by atoms with E-state index in [-0.39, 0.29) is 5.41 Å². The predicted octanol–water partition coefficient (Wildman–Crippen LogP) is 15.2. The molecule has 0 spiro atoms. The van der Waals surface area contributed by atoms with Crippen molar-refractivity contribution in [1.82, 2.24) is 9.97 Å². The van der Waals surface area contributed by atoms with E-state index in [0.717, 1.165) is 39.2 Å². The largest absolute Gasteiger partial charge is 0.228 e. The molecule has 0 atom stereocenters. The van der Waals surface area contributed by atoms with Crippen LogP contribution in [0.4, 0.5) is 0 Å². The van der Waals surface area contributed by atoms with E-state index >= 15 is 0 Å². The number of aromatic nitrogens is 2. The van der Waals surface area contributed by atoms with E-state index in [1.807, 2.05) is 35.6 Å². The minimum Gasteiger partial charge on any atom is -0.228 e. The lowest BCUT2D eigenvalue weighted by molar-refractivity contribution is 0.660. The molecular weight excluding hydrogens is 721 g/mol. The van der Waals surface area contributed by atoms with Crippen LogP contribution in [-0.4, -0.2) is 9.97 Å². The summed E-state index contributed by atoms with van der Waals surface area (Å²) >= 11 is 1.87. The maximum Gasteiger partial charge on any atom is 0.160 e. The molecule has 2 heterocycles. The van der Waals surface area contributed by atoms with Crippen LogP contribution in [0.5, 0.6) is 0 Å². The summed E-state index contributed by atoms with van der Waals surface area (Å²) in [7, 11) is 0. The summed E-state index contributed by atoms with van der Waals surface area (Å²) < 4.78 is 2.58. The molecule has 11 rings (SSSR count). The number of fused-ring (bicyclic) bond motifs is 6. The molecule has 0 amide bonds. The molecule has 0 unspecified atom stereocenters. The van der Waals surface area contributed by atoms with Crippen LogP contribution in [0.3, 0.4) is 0 Å². The number of hydrogen-bond acceptors (Lipinski definition) is 3. The highest BCUT2D eigenvalue weighted by Crippen LogP contribution is 2.50. The smallest absolute Gasteiger partial charge is 0.160 e. The first-order valence-corrected chi connectivity index (χ1v) is 20.7. The fraction of sp³-hybridized carbons (Fsp3) is 0.0545. The molecule has 58 heavy (non-hydrogen) atoms. The average Bonchev–Trinajstić information content (AvgIpc) is 3.78. The van der Waals surface area contributed by atoms with Crippen molar-refractivity contribution in [2.75, 3.05) is 0 Å². The Labute approximate surface area is 342 Å². The molecule has 8 aromatic carbocycles. The van der Waals surface area contributed by atoms with Crippen LogP contribution in [-0.2, 0) is 5.41 Å². The van der Waals surface area contributed by atoms with Gasteiger partial charge in [0.25, 0.3) is 0 Å². The molecule has 10 aromatic rings. The molecule has 0 bridgehead atoms. The van der Waals surface area contributed by atoms with Crippen molar-refractivity contribution in [2.24, 2.45) is 0 Å². The molecule has 1 aliphatic rings. The number of nitrogens with zero attached hydrogens (tertiary/aromatic N) is 2. The molecule has 274 valence electrons. The van der Waals surface area contributed by atoms with Gasteiger partial charge in [0.1, 0.15) is 0 Å².